The Kier molecular flexibility index (Phi) is 3.35. The number of carbonyl (C=O) groups excluding carboxylic acids is 1. The van der Waals surface area contributed by atoms with E-state index in [-0.39, 0.29) is 5.95 Å². The first kappa shape index (κ1) is 13.0. The summed E-state index contributed by atoms with van der Waals surface area (Å²) in [6.07, 6.45) is 2.30. The highest BCUT2D eigenvalue weighted by atomic mass is 32.2. The molecule has 1 saturated heterocycles. The third-order valence-electron chi connectivity index (χ3n) is 2.76. The number of H-pyrrole nitrogens is 1. The van der Waals surface area contributed by atoms with Crippen molar-refractivity contribution < 1.29 is 13.2 Å². The molecule has 1 amide bonds. The van der Waals surface area contributed by atoms with Crippen LogP contribution in [0.5, 0.6) is 0 Å². The van der Waals surface area contributed by atoms with E-state index in [0.29, 0.717) is 25.2 Å². The summed E-state index contributed by atoms with van der Waals surface area (Å²) in [5.41, 5.74) is 0. The molecule has 8 nitrogen and oxygen atoms in total. The summed E-state index contributed by atoms with van der Waals surface area (Å²) in [6, 6.07) is -0.668. The Labute approximate surface area is 105 Å². The number of hydrogen-bond acceptors (Lipinski definition) is 5. The van der Waals surface area contributed by atoms with Gasteiger partial charge < -0.3 is 0 Å². The second kappa shape index (κ2) is 4.65. The zero-order chi connectivity index (χ0) is 13.3. The summed E-state index contributed by atoms with van der Waals surface area (Å²) in [7, 11) is -3.36. The van der Waals surface area contributed by atoms with E-state index in [4.69, 9.17) is 0 Å². The third-order valence-corrected chi connectivity index (χ3v) is 4.05. The van der Waals surface area contributed by atoms with Crippen LogP contribution in [0.25, 0.3) is 0 Å². The van der Waals surface area contributed by atoms with Gasteiger partial charge in [0.25, 0.3) is 0 Å². The van der Waals surface area contributed by atoms with Gasteiger partial charge >= 0.3 is 0 Å². The largest absolute Gasteiger partial charge is 0.292 e. The lowest BCUT2D eigenvalue weighted by atomic mass is 10.2. The van der Waals surface area contributed by atoms with Crippen LogP contribution >= 0.6 is 0 Å². The molecule has 9 heteroatoms. The van der Waals surface area contributed by atoms with E-state index < -0.39 is 22.0 Å². The summed E-state index contributed by atoms with van der Waals surface area (Å²) in [5.74, 6) is 0.353. The summed E-state index contributed by atoms with van der Waals surface area (Å²) in [5, 5.41) is 8.88. The van der Waals surface area contributed by atoms with Gasteiger partial charge in [-0.1, -0.05) is 0 Å². The van der Waals surface area contributed by atoms with E-state index >= 15 is 0 Å². The van der Waals surface area contributed by atoms with Crippen molar-refractivity contribution in [3.8, 4) is 0 Å². The number of aromatic nitrogens is 3. The molecular formula is C9H15N5O3S. The summed E-state index contributed by atoms with van der Waals surface area (Å²) >= 11 is 0. The predicted octanol–water partition coefficient (Wildman–Crippen LogP) is -0.524. The van der Waals surface area contributed by atoms with Crippen molar-refractivity contribution in [2.75, 3.05) is 18.1 Å². The van der Waals surface area contributed by atoms with Crippen LogP contribution in [0.1, 0.15) is 18.7 Å². The Morgan fingerprint density at radius 2 is 2.28 bits per heavy atom. The molecule has 2 heterocycles. The number of rotatable bonds is 3. The maximum Gasteiger partial charge on any atom is 0.248 e. The highest BCUT2D eigenvalue weighted by molar-refractivity contribution is 7.88. The Morgan fingerprint density at radius 3 is 2.83 bits per heavy atom. The number of hydrogen-bond donors (Lipinski definition) is 2. The zero-order valence-electron chi connectivity index (χ0n) is 10.2. The van der Waals surface area contributed by atoms with Gasteiger partial charge in [-0.2, -0.15) is 9.29 Å². The van der Waals surface area contributed by atoms with Crippen molar-refractivity contribution in [3.63, 3.8) is 0 Å². The van der Waals surface area contributed by atoms with E-state index in [0.717, 1.165) is 6.26 Å². The Bertz CT molecular complexity index is 552. The first-order valence-corrected chi connectivity index (χ1v) is 7.39. The van der Waals surface area contributed by atoms with E-state index in [1.54, 1.807) is 6.92 Å². The van der Waals surface area contributed by atoms with Gasteiger partial charge in [-0.3, -0.25) is 15.2 Å². The molecule has 0 bridgehead atoms. The predicted molar refractivity (Wildman–Crippen MR) is 64.3 cm³/mol. The maximum absolute atomic E-state index is 12.0. The minimum Gasteiger partial charge on any atom is -0.292 e. The summed E-state index contributed by atoms with van der Waals surface area (Å²) in [4.78, 5) is 15.9. The van der Waals surface area contributed by atoms with Crippen LogP contribution in [0.3, 0.4) is 0 Å². The van der Waals surface area contributed by atoms with Crippen molar-refractivity contribution in [1.82, 2.24) is 19.5 Å². The second-order valence-electron chi connectivity index (χ2n) is 4.27. The number of nitrogens with one attached hydrogen (secondary N) is 2. The monoisotopic (exact) mass is 273 g/mol. The first-order valence-electron chi connectivity index (χ1n) is 5.54. The fourth-order valence-corrected chi connectivity index (χ4v) is 3.12. The SMILES string of the molecule is Cc1nc(NC(=O)C2CCCN2S(C)(=O)=O)n[nH]1. The maximum atomic E-state index is 12.0. The van der Waals surface area contributed by atoms with Crippen molar-refractivity contribution in [2.24, 2.45) is 0 Å². The standard InChI is InChI=1S/C9H15N5O3S/c1-6-10-9(13-12-6)11-8(15)7-4-3-5-14(7)18(2,16)17/h7H,3-5H2,1-2H3,(H2,10,11,12,13,15). The number of anilines is 1. The second-order valence-corrected chi connectivity index (χ2v) is 6.20. The smallest absolute Gasteiger partial charge is 0.248 e. The van der Waals surface area contributed by atoms with Gasteiger partial charge in [-0.05, 0) is 19.8 Å². The molecule has 1 aliphatic rings. The fraction of sp³-hybridized carbons (Fsp3) is 0.667. The number of aromatic amines is 1. The van der Waals surface area contributed by atoms with E-state index in [1.807, 2.05) is 0 Å². The Morgan fingerprint density at radius 1 is 1.56 bits per heavy atom. The molecule has 2 N–H and O–H groups in total. The highest BCUT2D eigenvalue weighted by Crippen LogP contribution is 2.21. The normalized spacial score (nSPS) is 21.1. The molecule has 2 rings (SSSR count). The van der Waals surface area contributed by atoms with E-state index in [1.165, 1.54) is 4.31 Å². The van der Waals surface area contributed by atoms with Crippen molar-refractivity contribution >= 4 is 21.9 Å². The van der Waals surface area contributed by atoms with Gasteiger partial charge in [0.1, 0.15) is 11.9 Å². The molecular weight excluding hydrogens is 258 g/mol. The minimum atomic E-state index is -3.36. The summed E-state index contributed by atoms with van der Waals surface area (Å²) in [6.45, 7) is 2.09. The molecule has 100 valence electrons. The number of nitrogens with zero attached hydrogens (tertiary/aromatic N) is 3. The zero-order valence-corrected chi connectivity index (χ0v) is 11.0. The molecule has 18 heavy (non-hydrogen) atoms. The topological polar surface area (TPSA) is 108 Å². The molecule has 1 aromatic rings. The van der Waals surface area contributed by atoms with Gasteiger partial charge in [-0.25, -0.2) is 8.42 Å². The number of carbonyl (C=O) groups is 1. The lowest BCUT2D eigenvalue weighted by molar-refractivity contribution is -0.119. The van der Waals surface area contributed by atoms with Crippen LogP contribution in [0.15, 0.2) is 0 Å². The van der Waals surface area contributed by atoms with E-state index in [9.17, 15) is 13.2 Å². The van der Waals surface area contributed by atoms with Gasteiger partial charge in [0.05, 0.1) is 6.26 Å². The third kappa shape index (κ3) is 2.67. The average Bonchev–Trinajstić information content (AvgIpc) is 2.85. The van der Waals surface area contributed by atoms with Crippen LogP contribution < -0.4 is 5.32 Å². The molecule has 1 atom stereocenters. The fourth-order valence-electron chi connectivity index (χ4n) is 1.99. The molecule has 1 aliphatic heterocycles. The van der Waals surface area contributed by atoms with Crippen molar-refractivity contribution in [2.45, 2.75) is 25.8 Å². The van der Waals surface area contributed by atoms with Gasteiger partial charge in [-0.15, -0.1) is 5.10 Å². The lowest BCUT2D eigenvalue weighted by Crippen LogP contribution is -2.42. The summed E-state index contributed by atoms with van der Waals surface area (Å²) < 4.78 is 24.2. The molecule has 0 spiro atoms. The van der Waals surface area contributed by atoms with Gasteiger partial charge in [0, 0.05) is 6.54 Å². The molecule has 0 saturated carbocycles. The van der Waals surface area contributed by atoms with Crippen LogP contribution in [0.2, 0.25) is 0 Å². The van der Waals surface area contributed by atoms with Crippen LogP contribution in [0, 0.1) is 6.92 Å². The van der Waals surface area contributed by atoms with Crippen LogP contribution in [0.4, 0.5) is 5.95 Å². The molecule has 1 fully saturated rings. The molecule has 0 aromatic carbocycles. The molecule has 0 aliphatic carbocycles. The van der Waals surface area contributed by atoms with Crippen molar-refractivity contribution in [1.29, 1.82) is 0 Å². The molecule has 1 aromatic heterocycles. The molecule has 1 unspecified atom stereocenters. The highest BCUT2D eigenvalue weighted by Gasteiger charge is 2.36. The molecule has 0 radical (unpaired) electrons. The quantitative estimate of drug-likeness (QED) is 0.770. The van der Waals surface area contributed by atoms with Crippen LogP contribution in [-0.2, 0) is 14.8 Å². The minimum absolute atomic E-state index is 0.165. The number of sulfonamides is 1. The average molecular weight is 273 g/mol. The Balaban J connectivity index is 2.09. The number of amides is 1. The van der Waals surface area contributed by atoms with Gasteiger partial charge in [0.2, 0.25) is 21.9 Å². The number of aryl methyl sites for hydroxylation is 1. The van der Waals surface area contributed by atoms with Gasteiger partial charge in [0.15, 0.2) is 0 Å². The van der Waals surface area contributed by atoms with E-state index in [2.05, 4.69) is 20.5 Å². The van der Waals surface area contributed by atoms with Crippen molar-refractivity contribution in [3.05, 3.63) is 5.82 Å². The lowest BCUT2D eigenvalue weighted by Gasteiger charge is -2.20. The first-order chi connectivity index (χ1) is 8.38. The van der Waals surface area contributed by atoms with Crippen LogP contribution in [-0.4, -0.2) is 52.7 Å². The Hall–Kier alpha value is -1.48.